The Morgan fingerprint density at radius 1 is 1.35 bits per heavy atom. The molecule has 0 bridgehead atoms. The first kappa shape index (κ1) is 14.3. The number of fused-ring (bicyclic) bond motifs is 1. The molecule has 106 valence electrons. The molecule has 0 saturated heterocycles. The Bertz CT molecular complexity index is 826. The Kier molecular flexibility index (Phi) is 3.44. The van der Waals surface area contributed by atoms with Gasteiger partial charge in [0.25, 0.3) is 0 Å². The van der Waals surface area contributed by atoms with E-state index in [1.54, 1.807) is 0 Å². The lowest BCUT2D eigenvalue weighted by Crippen LogP contribution is -2.12. The number of nitrogens with one attached hydrogen (secondary N) is 1. The van der Waals surface area contributed by atoms with Gasteiger partial charge in [0.2, 0.25) is 15.8 Å². The van der Waals surface area contributed by atoms with E-state index in [0.717, 1.165) is 18.4 Å². The van der Waals surface area contributed by atoms with Crippen LogP contribution in [0.1, 0.15) is 0 Å². The summed E-state index contributed by atoms with van der Waals surface area (Å²) in [6, 6.07) is 1.65. The van der Waals surface area contributed by atoms with Gasteiger partial charge in [-0.2, -0.15) is 4.39 Å². The minimum absolute atomic E-state index is 0.0258. The monoisotopic (exact) mass is 320 g/mol. The number of aromatic nitrogens is 2. The van der Waals surface area contributed by atoms with E-state index in [9.17, 15) is 22.9 Å². The van der Waals surface area contributed by atoms with Crippen molar-refractivity contribution in [3.8, 4) is 0 Å². The number of nitro benzene ring substituents is 1. The molecule has 1 aromatic carbocycles. The number of benzene rings is 1. The van der Waals surface area contributed by atoms with Gasteiger partial charge in [-0.05, 0) is 0 Å². The number of hydrogen-bond acceptors (Lipinski definition) is 6. The third kappa shape index (κ3) is 2.91. The number of hydrogen-bond donors (Lipinski definition) is 1. The van der Waals surface area contributed by atoms with Gasteiger partial charge in [-0.3, -0.25) is 14.8 Å². The predicted octanol–water partition coefficient (Wildman–Crippen LogP) is 1.70. The Hall–Kier alpha value is -2.07. The van der Waals surface area contributed by atoms with Crippen LogP contribution in [-0.4, -0.2) is 29.6 Å². The minimum atomic E-state index is -3.64. The van der Waals surface area contributed by atoms with Gasteiger partial charge in [-0.25, -0.2) is 18.4 Å². The van der Waals surface area contributed by atoms with Gasteiger partial charge in [-0.15, -0.1) is 0 Å². The maximum atomic E-state index is 13.5. The summed E-state index contributed by atoms with van der Waals surface area (Å²) in [5.74, 6) is -1.39. The molecule has 1 heterocycles. The lowest BCUT2D eigenvalue weighted by molar-refractivity contribution is -0.387. The molecule has 0 aliphatic carbocycles. The van der Waals surface area contributed by atoms with Crippen molar-refractivity contribution in [2.45, 2.75) is 0 Å². The van der Waals surface area contributed by atoms with Gasteiger partial charge in [0.05, 0.1) is 22.2 Å². The molecule has 0 radical (unpaired) electrons. The van der Waals surface area contributed by atoms with E-state index < -0.39 is 26.5 Å². The smallest absolute Gasteiger partial charge is 0.265 e. The van der Waals surface area contributed by atoms with Gasteiger partial charge in [-0.1, -0.05) is 11.6 Å². The van der Waals surface area contributed by atoms with Crippen molar-refractivity contribution in [1.82, 2.24) is 9.97 Å². The molecule has 20 heavy (non-hydrogen) atoms. The van der Waals surface area contributed by atoms with Crippen molar-refractivity contribution in [1.29, 1.82) is 0 Å². The lowest BCUT2D eigenvalue weighted by atomic mass is 10.2. The summed E-state index contributed by atoms with van der Waals surface area (Å²) in [6.07, 6.45) is 0.881. The number of halogens is 2. The van der Waals surface area contributed by atoms with Crippen molar-refractivity contribution in [3.05, 3.63) is 33.2 Å². The largest absolute Gasteiger partial charge is 0.307 e. The van der Waals surface area contributed by atoms with Crippen molar-refractivity contribution in [3.63, 3.8) is 0 Å². The Morgan fingerprint density at radius 3 is 2.50 bits per heavy atom. The average Bonchev–Trinajstić information content (AvgIpc) is 2.28. The van der Waals surface area contributed by atoms with Crippen LogP contribution in [0.25, 0.3) is 11.0 Å². The quantitative estimate of drug-likeness (QED) is 0.679. The maximum Gasteiger partial charge on any atom is 0.307 e. The van der Waals surface area contributed by atoms with Crippen LogP contribution >= 0.6 is 11.6 Å². The number of sulfonamides is 1. The third-order valence-corrected chi connectivity index (χ3v) is 3.00. The SMILES string of the molecule is CS(=O)(=O)Nc1nc2cc(F)c([N+](=O)[O-])cc2nc1Cl. The second-order valence-electron chi connectivity index (χ2n) is 3.79. The van der Waals surface area contributed by atoms with Crippen molar-refractivity contribution >= 4 is 44.2 Å². The standard InChI is InChI=1S/C9H6ClFN4O4S/c1-20(18,19)14-9-8(10)12-6-3-7(15(16)17)4(11)2-5(6)13-9/h2-3H,1H3,(H,13,14). The molecule has 1 N–H and O–H groups in total. The second-order valence-corrected chi connectivity index (χ2v) is 5.89. The molecule has 0 saturated carbocycles. The van der Waals surface area contributed by atoms with Crippen LogP contribution in [0.5, 0.6) is 0 Å². The van der Waals surface area contributed by atoms with Crippen LogP contribution in [0.3, 0.4) is 0 Å². The summed E-state index contributed by atoms with van der Waals surface area (Å²) in [4.78, 5) is 17.2. The summed E-state index contributed by atoms with van der Waals surface area (Å²) in [5, 5.41) is 10.3. The summed E-state index contributed by atoms with van der Waals surface area (Å²) < 4.78 is 37.7. The Labute approximate surface area is 116 Å². The van der Waals surface area contributed by atoms with Crippen molar-refractivity contribution in [2.75, 3.05) is 11.0 Å². The zero-order chi connectivity index (χ0) is 15.1. The second kappa shape index (κ2) is 4.80. The molecule has 0 aliphatic heterocycles. The van der Waals surface area contributed by atoms with Crippen LogP contribution < -0.4 is 4.72 Å². The van der Waals surface area contributed by atoms with E-state index in [1.807, 2.05) is 4.72 Å². The third-order valence-electron chi connectivity index (χ3n) is 2.17. The summed E-state index contributed by atoms with van der Waals surface area (Å²) in [6.45, 7) is 0. The molecule has 11 heteroatoms. The first-order chi connectivity index (χ1) is 9.17. The lowest BCUT2D eigenvalue weighted by Gasteiger charge is -2.06. The number of anilines is 1. The Balaban J connectivity index is 2.66. The molecular formula is C9H6ClFN4O4S. The molecule has 2 rings (SSSR count). The van der Waals surface area contributed by atoms with E-state index in [4.69, 9.17) is 11.6 Å². The fourth-order valence-corrected chi connectivity index (χ4v) is 2.16. The fraction of sp³-hybridized carbons (Fsp3) is 0.111. The van der Waals surface area contributed by atoms with E-state index in [1.165, 1.54) is 0 Å². The van der Waals surface area contributed by atoms with E-state index >= 15 is 0 Å². The zero-order valence-electron chi connectivity index (χ0n) is 9.79. The van der Waals surface area contributed by atoms with E-state index in [0.29, 0.717) is 0 Å². The van der Waals surface area contributed by atoms with Gasteiger partial charge in [0.15, 0.2) is 11.0 Å². The van der Waals surface area contributed by atoms with Crippen LogP contribution in [-0.2, 0) is 10.0 Å². The highest BCUT2D eigenvalue weighted by molar-refractivity contribution is 7.92. The van der Waals surface area contributed by atoms with Crippen LogP contribution in [0.4, 0.5) is 15.9 Å². The van der Waals surface area contributed by atoms with Gasteiger partial charge in [0.1, 0.15) is 0 Å². The zero-order valence-corrected chi connectivity index (χ0v) is 11.4. The summed E-state index contributed by atoms with van der Waals surface area (Å²) >= 11 is 5.72. The molecule has 2 aromatic rings. The topological polar surface area (TPSA) is 115 Å². The molecular weight excluding hydrogens is 315 g/mol. The molecule has 1 aromatic heterocycles. The summed E-state index contributed by atoms with van der Waals surface area (Å²) in [7, 11) is -3.64. The van der Waals surface area contributed by atoms with Gasteiger partial charge in [0, 0.05) is 12.1 Å². The highest BCUT2D eigenvalue weighted by Gasteiger charge is 2.18. The molecule has 0 atom stereocenters. The molecule has 0 fully saturated rings. The van der Waals surface area contributed by atoms with Crippen LogP contribution in [0, 0.1) is 15.9 Å². The molecule has 8 nitrogen and oxygen atoms in total. The van der Waals surface area contributed by atoms with E-state index in [-0.39, 0.29) is 22.0 Å². The van der Waals surface area contributed by atoms with Gasteiger partial charge >= 0.3 is 5.69 Å². The van der Waals surface area contributed by atoms with Crippen LogP contribution in [0.15, 0.2) is 12.1 Å². The summed E-state index contributed by atoms with van der Waals surface area (Å²) in [5.41, 5.74) is -0.863. The van der Waals surface area contributed by atoms with Crippen molar-refractivity contribution in [2.24, 2.45) is 0 Å². The normalized spacial score (nSPS) is 11.6. The first-order valence-electron chi connectivity index (χ1n) is 4.96. The van der Waals surface area contributed by atoms with Crippen molar-refractivity contribution < 1.29 is 17.7 Å². The van der Waals surface area contributed by atoms with E-state index in [2.05, 4.69) is 9.97 Å². The number of nitro groups is 1. The highest BCUT2D eigenvalue weighted by atomic mass is 35.5. The molecule has 0 spiro atoms. The number of rotatable bonds is 3. The molecule has 0 aliphatic rings. The predicted molar refractivity (Wildman–Crippen MR) is 69.6 cm³/mol. The molecule has 0 amide bonds. The average molecular weight is 321 g/mol. The minimum Gasteiger partial charge on any atom is -0.265 e. The van der Waals surface area contributed by atoms with Gasteiger partial charge < -0.3 is 0 Å². The first-order valence-corrected chi connectivity index (χ1v) is 7.23. The fourth-order valence-electron chi connectivity index (χ4n) is 1.43. The van der Waals surface area contributed by atoms with Crippen LogP contribution in [0.2, 0.25) is 5.15 Å². The molecule has 0 unspecified atom stereocenters. The highest BCUT2D eigenvalue weighted by Crippen LogP contribution is 2.26. The maximum absolute atomic E-state index is 13.5. The number of nitrogens with zero attached hydrogens (tertiary/aromatic N) is 3. The Morgan fingerprint density at radius 2 is 1.95 bits per heavy atom.